The first-order valence-electron chi connectivity index (χ1n) is 7.94. The van der Waals surface area contributed by atoms with E-state index in [4.69, 9.17) is 5.41 Å². The Hall–Kier alpha value is -2.30. The molecule has 0 aromatic heterocycles. The van der Waals surface area contributed by atoms with Crippen molar-refractivity contribution in [3.8, 4) is 0 Å². The fourth-order valence-electron chi connectivity index (χ4n) is 2.53. The number of hydrogen-bond donors (Lipinski definition) is 1. The molecule has 0 amide bonds. The lowest BCUT2D eigenvalue weighted by atomic mass is 10.0. The topological polar surface area (TPSA) is 64.2 Å². The third-order valence-corrected chi connectivity index (χ3v) is 4.02. The summed E-state index contributed by atoms with van der Waals surface area (Å²) in [5, 5.41) is 7.96. The lowest BCUT2D eigenvalue weighted by Gasteiger charge is -2.25. The second kappa shape index (κ2) is 8.36. The molecule has 1 aliphatic carbocycles. The van der Waals surface area contributed by atoms with E-state index in [9.17, 15) is 0 Å². The van der Waals surface area contributed by atoms with Gasteiger partial charge in [0, 0.05) is 38.0 Å². The predicted molar refractivity (Wildman–Crippen MR) is 99.2 cm³/mol. The van der Waals surface area contributed by atoms with Gasteiger partial charge in [0.15, 0.2) is 6.17 Å². The van der Waals surface area contributed by atoms with Gasteiger partial charge in [-0.2, -0.15) is 0 Å². The summed E-state index contributed by atoms with van der Waals surface area (Å²) in [6, 6.07) is 0. The fourth-order valence-corrected chi connectivity index (χ4v) is 2.53. The number of hydrogen-bond acceptors (Lipinski definition) is 5. The Labute approximate surface area is 138 Å². The first-order chi connectivity index (χ1) is 11.1. The molecule has 23 heavy (non-hydrogen) atoms. The molecule has 0 aromatic rings. The average Bonchev–Trinajstić information content (AvgIpc) is 2.57. The highest BCUT2D eigenvalue weighted by molar-refractivity contribution is 6.46. The van der Waals surface area contributed by atoms with E-state index in [-0.39, 0.29) is 6.17 Å². The Morgan fingerprint density at radius 1 is 1.61 bits per heavy atom. The maximum Gasteiger partial charge on any atom is 0.160 e. The van der Waals surface area contributed by atoms with E-state index in [0.29, 0.717) is 17.3 Å². The molecule has 1 aliphatic heterocycles. The van der Waals surface area contributed by atoms with Crippen molar-refractivity contribution < 1.29 is 0 Å². The highest BCUT2D eigenvalue weighted by atomic mass is 15.1. The standard InChI is InChI=1S/C18H25N5/c1-14(23(3)13-15-7-6-10-21-12-15)11-18(20-2)22-17-9-5-4-8-16(17)19/h5-7,9-11,15,18-19H,2,4,8,12-13H2,1,3H3/b14-11+,19-16?,22-17?. The summed E-state index contributed by atoms with van der Waals surface area (Å²) in [6.45, 7) is 7.43. The molecular weight excluding hydrogens is 286 g/mol. The summed E-state index contributed by atoms with van der Waals surface area (Å²) in [6.07, 6.45) is 13.3. The predicted octanol–water partition coefficient (Wildman–Crippen LogP) is 2.92. The Bertz CT molecular complexity index is 595. The van der Waals surface area contributed by atoms with Gasteiger partial charge in [0.1, 0.15) is 0 Å². The number of dihydropyridines is 1. The van der Waals surface area contributed by atoms with Crippen molar-refractivity contribution >= 4 is 24.4 Å². The van der Waals surface area contributed by atoms with Crippen LogP contribution >= 0.6 is 0 Å². The summed E-state index contributed by atoms with van der Waals surface area (Å²) in [4.78, 5) is 15.1. The zero-order chi connectivity index (χ0) is 16.7. The van der Waals surface area contributed by atoms with Crippen molar-refractivity contribution in [2.75, 3.05) is 20.1 Å². The number of nitrogens with zero attached hydrogens (tertiary/aromatic N) is 4. The third-order valence-electron chi connectivity index (χ3n) is 4.02. The Kier molecular flexibility index (Phi) is 6.20. The quantitative estimate of drug-likeness (QED) is 0.753. The maximum absolute atomic E-state index is 7.96. The monoisotopic (exact) mass is 311 g/mol. The van der Waals surface area contributed by atoms with Gasteiger partial charge in [-0.25, -0.2) is 0 Å². The molecule has 1 N–H and O–H groups in total. The minimum absolute atomic E-state index is 0.351. The van der Waals surface area contributed by atoms with Crippen LogP contribution in [-0.4, -0.2) is 55.6 Å². The van der Waals surface area contributed by atoms with E-state index in [2.05, 4.69) is 52.7 Å². The maximum atomic E-state index is 7.96. The van der Waals surface area contributed by atoms with E-state index in [1.807, 2.05) is 24.4 Å². The van der Waals surface area contributed by atoms with Gasteiger partial charge in [0.25, 0.3) is 0 Å². The molecule has 2 atom stereocenters. The summed E-state index contributed by atoms with van der Waals surface area (Å²) >= 11 is 0. The molecule has 0 fully saturated rings. The fraction of sp³-hybridized carbons (Fsp3) is 0.444. The van der Waals surface area contributed by atoms with Gasteiger partial charge in [-0.15, -0.1) is 0 Å². The number of allylic oxidation sites excluding steroid dienone is 4. The zero-order valence-corrected chi connectivity index (χ0v) is 13.9. The van der Waals surface area contributed by atoms with Gasteiger partial charge >= 0.3 is 0 Å². The highest BCUT2D eigenvalue weighted by Crippen LogP contribution is 2.13. The van der Waals surface area contributed by atoms with Crippen molar-refractivity contribution in [2.24, 2.45) is 20.9 Å². The van der Waals surface area contributed by atoms with Crippen LogP contribution in [0.4, 0.5) is 0 Å². The molecule has 0 spiro atoms. The van der Waals surface area contributed by atoms with Crippen LogP contribution in [0, 0.1) is 11.3 Å². The SMILES string of the molecule is C=NC(/C=C(\C)N(C)CC1C=CC=NC1)N=C1C=CCCC1=N. The van der Waals surface area contributed by atoms with E-state index in [1.54, 1.807) is 0 Å². The third kappa shape index (κ3) is 5.13. The van der Waals surface area contributed by atoms with Crippen molar-refractivity contribution in [3.63, 3.8) is 0 Å². The van der Waals surface area contributed by atoms with Gasteiger partial charge in [-0.05, 0) is 44.7 Å². The van der Waals surface area contributed by atoms with Crippen molar-refractivity contribution in [3.05, 3.63) is 36.1 Å². The Morgan fingerprint density at radius 2 is 2.43 bits per heavy atom. The Morgan fingerprint density at radius 3 is 3.09 bits per heavy atom. The zero-order valence-electron chi connectivity index (χ0n) is 13.9. The summed E-state index contributed by atoms with van der Waals surface area (Å²) in [7, 11) is 2.06. The Balaban J connectivity index is 2.02. The van der Waals surface area contributed by atoms with Gasteiger partial charge in [0.05, 0.1) is 11.4 Å². The lowest BCUT2D eigenvalue weighted by molar-refractivity contribution is 0.368. The first kappa shape index (κ1) is 17.1. The van der Waals surface area contributed by atoms with E-state index < -0.39 is 0 Å². The molecule has 0 saturated heterocycles. The molecule has 5 nitrogen and oxygen atoms in total. The molecule has 2 aliphatic rings. The van der Waals surface area contributed by atoms with Crippen LogP contribution in [-0.2, 0) is 0 Å². The van der Waals surface area contributed by atoms with Crippen LogP contribution < -0.4 is 0 Å². The van der Waals surface area contributed by atoms with Gasteiger partial charge < -0.3 is 10.3 Å². The van der Waals surface area contributed by atoms with E-state index >= 15 is 0 Å². The normalized spacial score (nSPS) is 24.1. The van der Waals surface area contributed by atoms with Crippen LogP contribution in [0.2, 0.25) is 0 Å². The molecule has 0 aromatic carbocycles. The summed E-state index contributed by atoms with van der Waals surface area (Å²) in [5.41, 5.74) is 2.39. The minimum Gasteiger partial charge on any atom is -0.378 e. The average molecular weight is 311 g/mol. The second-order valence-electron chi connectivity index (χ2n) is 5.88. The van der Waals surface area contributed by atoms with Crippen LogP contribution in [0.15, 0.2) is 51.1 Å². The van der Waals surface area contributed by atoms with Crippen LogP contribution in [0.1, 0.15) is 19.8 Å². The van der Waals surface area contributed by atoms with Gasteiger partial charge in [-0.3, -0.25) is 15.0 Å². The number of nitrogens with one attached hydrogen (secondary N) is 1. The molecule has 0 bridgehead atoms. The van der Waals surface area contributed by atoms with E-state index in [1.165, 1.54) is 0 Å². The molecule has 122 valence electrons. The lowest BCUT2D eigenvalue weighted by Crippen LogP contribution is -2.26. The summed E-state index contributed by atoms with van der Waals surface area (Å²) < 4.78 is 0. The second-order valence-corrected chi connectivity index (χ2v) is 5.88. The van der Waals surface area contributed by atoms with Crippen LogP contribution in [0.3, 0.4) is 0 Å². The van der Waals surface area contributed by atoms with Gasteiger partial charge in [0.2, 0.25) is 0 Å². The number of aliphatic imine (C=N–C) groups is 3. The molecule has 0 radical (unpaired) electrons. The molecule has 2 rings (SSSR count). The molecule has 0 saturated carbocycles. The molecule has 1 heterocycles. The molecular formula is C18H25N5. The van der Waals surface area contributed by atoms with Crippen LogP contribution in [0.25, 0.3) is 0 Å². The highest BCUT2D eigenvalue weighted by Gasteiger charge is 2.13. The smallest absolute Gasteiger partial charge is 0.160 e. The van der Waals surface area contributed by atoms with Gasteiger partial charge in [-0.1, -0.05) is 12.2 Å². The largest absolute Gasteiger partial charge is 0.378 e. The summed E-state index contributed by atoms with van der Waals surface area (Å²) in [5.74, 6) is 0.434. The first-order valence-corrected chi connectivity index (χ1v) is 7.94. The van der Waals surface area contributed by atoms with Crippen molar-refractivity contribution in [2.45, 2.75) is 25.9 Å². The minimum atomic E-state index is -0.351. The number of rotatable bonds is 6. The van der Waals surface area contributed by atoms with E-state index in [0.717, 1.165) is 31.6 Å². The van der Waals surface area contributed by atoms with Crippen molar-refractivity contribution in [1.82, 2.24) is 4.90 Å². The molecule has 2 unspecified atom stereocenters. The van der Waals surface area contributed by atoms with Crippen molar-refractivity contribution in [1.29, 1.82) is 5.41 Å². The van der Waals surface area contributed by atoms with Crippen LogP contribution in [0.5, 0.6) is 0 Å². The molecule has 5 heteroatoms.